The lowest BCUT2D eigenvalue weighted by Crippen LogP contribution is -2.14. The second-order valence-corrected chi connectivity index (χ2v) is 12.6. The first-order valence-electron chi connectivity index (χ1n) is 9.34. The van der Waals surface area contributed by atoms with E-state index in [1.54, 1.807) is 13.2 Å². The molecule has 0 radical (unpaired) electrons. The van der Waals surface area contributed by atoms with Gasteiger partial charge in [-0.15, -0.1) is 0 Å². The molecule has 0 aliphatic carbocycles. The number of hydrogen-bond donors (Lipinski definition) is 1. The van der Waals surface area contributed by atoms with Gasteiger partial charge in [0.2, 0.25) is 0 Å². The molecule has 26 heavy (non-hydrogen) atoms. The van der Waals surface area contributed by atoms with Gasteiger partial charge in [-0.05, 0) is 51.0 Å². The molecule has 1 N–H and O–H groups in total. The lowest BCUT2D eigenvalue weighted by atomic mass is 10.1. The molecule has 0 saturated carbocycles. The quantitative estimate of drug-likeness (QED) is 0.118. The van der Waals surface area contributed by atoms with Crippen LogP contribution < -0.4 is 5.32 Å². The zero-order chi connectivity index (χ0) is 19.7. The van der Waals surface area contributed by atoms with Crippen LogP contribution in [0.3, 0.4) is 0 Å². The maximum atomic E-state index is 5.45. The summed E-state index contributed by atoms with van der Waals surface area (Å²) in [6.07, 6.45) is 20.5. The molecule has 0 aromatic rings. The molecule has 5 heteroatoms. The van der Waals surface area contributed by atoms with Crippen LogP contribution in [-0.4, -0.2) is 38.5 Å². The fourth-order valence-corrected chi connectivity index (χ4v) is 5.18. The van der Waals surface area contributed by atoms with Crippen LogP contribution in [0.2, 0.25) is 0 Å². The summed E-state index contributed by atoms with van der Waals surface area (Å²) in [5.41, 5.74) is 1.16. The fraction of sp³-hybridized carbons (Fsp3) is 0.571. The Labute approximate surface area is 170 Å². The summed E-state index contributed by atoms with van der Waals surface area (Å²) >= 11 is 0. The molecule has 0 fully saturated rings. The van der Waals surface area contributed by atoms with Crippen molar-refractivity contribution in [1.82, 2.24) is 5.32 Å². The summed E-state index contributed by atoms with van der Waals surface area (Å²) in [6.45, 7) is 13.1. The molecule has 0 saturated heterocycles. The van der Waals surface area contributed by atoms with E-state index in [4.69, 9.17) is 4.52 Å². The highest BCUT2D eigenvalue weighted by Gasteiger charge is 2.04. The summed E-state index contributed by atoms with van der Waals surface area (Å²) in [6, 6.07) is 0. The molecule has 0 rings (SSSR count). The summed E-state index contributed by atoms with van der Waals surface area (Å²) < 4.78 is 5.45. The van der Waals surface area contributed by atoms with Crippen molar-refractivity contribution < 1.29 is 4.52 Å². The summed E-state index contributed by atoms with van der Waals surface area (Å²) in [5, 5.41) is 3.46. The highest BCUT2D eigenvalue weighted by molar-refractivity contribution is 8.78. The second-order valence-electron chi connectivity index (χ2n) is 6.55. The van der Waals surface area contributed by atoms with Gasteiger partial charge in [0.25, 0.3) is 0 Å². The van der Waals surface area contributed by atoms with Crippen molar-refractivity contribution in [2.75, 3.05) is 32.2 Å². The molecule has 0 amide bonds. The first kappa shape index (κ1) is 25.7. The van der Waals surface area contributed by atoms with Gasteiger partial charge in [0, 0.05) is 25.1 Å². The van der Waals surface area contributed by atoms with E-state index in [2.05, 4.69) is 44.4 Å². The van der Waals surface area contributed by atoms with Crippen molar-refractivity contribution >= 4 is 35.0 Å². The van der Waals surface area contributed by atoms with Gasteiger partial charge in [-0.3, -0.25) is 0 Å². The predicted octanol–water partition coefficient (Wildman–Crippen LogP) is 7.10. The van der Waals surface area contributed by atoms with E-state index in [-0.39, 0.29) is 0 Å². The maximum absolute atomic E-state index is 5.45. The molecule has 0 aromatic heterocycles. The van der Waals surface area contributed by atoms with E-state index in [0.717, 1.165) is 30.6 Å². The third-order valence-corrected chi connectivity index (χ3v) is 8.55. The summed E-state index contributed by atoms with van der Waals surface area (Å²) in [7, 11) is 4.18. The number of nitrogens with one attached hydrogen (secondary N) is 1. The molecule has 0 bridgehead atoms. The Morgan fingerprint density at radius 1 is 1.15 bits per heavy atom. The number of hydrogen-bond acceptors (Lipinski definition) is 4. The zero-order valence-electron chi connectivity index (χ0n) is 17.0. The minimum absolute atomic E-state index is 1.02. The molecule has 0 aliphatic rings. The molecule has 1 atom stereocenters. The summed E-state index contributed by atoms with van der Waals surface area (Å²) in [5.74, 6) is 1.08. The summed E-state index contributed by atoms with van der Waals surface area (Å²) in [4.78, 5) is 1.30. The van der Waals surface area contributed by atoms with Crippen molar-refractivity contribution in [2.24, 2.45) is 0 Å². The van der Waals surface area contributed by atoms with Crippen molar-refractivity contribution in [3.8, 4) is 0 Å². The van der Waals surface area contributed by atoms with Gasteiger partial charge in [0.1, 0.15) is 0 Å². The normalized spacial score (nSPS) is 14.3. The third-order valence-electron chi connectivity index (χ3n) is 3.88. The number of rotatable bonds is 17. The minimum Gasteiger partial charge on any atom is -0.389 e. The van der Waals surface area contributed by atoms with Crippen LogP contribution in [0.4, 0.5) is 0 Å². The van der Waals surface area contributed by atoms with Crippen LogP contribution in [0.25, 0.3) is 0 Å². The predicted molar refractivity (Wildman–Crippen MR) is 130 cm³/mol. The van der Waals surface area contributed by atoms with Crippen LogP contribution in [0.15, 0.2) is 48.1 Å². The second kappa shape index (κ2) is 16.9. The van der Waals surface area contributed by atoms with Crippen LogP contribution in [0.5, 0.6) is 0 Å². The highest BCUT2D eigenvalue weighted by atomic mass is 33.1. The van der Waals surface area contributed by atoms with Gasteiger partial charge in [0.05, 0.1) is 0 Å². The van der Waals surface area contributed by atoms with E-state index in [1.165, 1.54) is 37.0 Å². The van der Waals surface area contributed by atoms with Gasteiger partial charge < -0.3 is 9.84 Å². The van der Waals surface area contributed by atoms with E-state index >= 15 is 0 Å². The first-order valence-corrected chi connectivity index (χ1v) is 14.2. The molecule has 2 nitrogen and oxygen atoms in total. The molecular formula is C21H38NOPS2. The van der Waals surface area contributed by atoms with Gasteiger partial charge >= 0.3 is 0 Å². The van der Waals surface area contributed by atoms with Crippen LogP contribution >= 0.6 is 28.7 Å². The van der Waals surface area contributed by atoms with Crippen LogP contribution in [0.1, 0.15) is 45.4 Å². The smallest absolute Gasteiger partial charge is 0.0396 e. The Hall–Kier alpha value is -0.280. The lowest BCUT2D eigenvalue weighted by molar-refractivity contribution is 0.459. The van der Waals surface area contributed by atoms with E-state index in [0.29, 0.717) is 0 Å². The zero-order valence-corrected chi connectivity index (χ0v) is 19.5. The molecule has 0 heterocycles. The van der Waals surface area contributed by atoms with E-state index < -0.39 is 7.11 Å². The molecule has 1 unspecified atom stereocenters. The van der Waals surface area contributed by atoms with E-state index in [9.17, 15) is 0 Å². The standard InChI is InChI=1S/C21H38NOPS2/c1-7-8-12-15-21(3)26-25-19-16-20(2)22-17-13-10-9-11-14-18-24(5,6)23-4/h7-8,12,15,22H,1-2,5,9-11,13-14,16-19H2,3-4,6H3/b12-8-,21-15+. The Kier molecular flexibility index (Phi) is 16.7. The average molecular weight is 416 g/mol. The number of allylic oxidation sites excluding steroid dienone is 6. The fourth-order valence-electron chi connectivity index (χ4n) is 2.14. The molecule has 0 aliphatic heterocycles. The largest absolute Gasteiger partial charge is 0.389 e. The molecule has 0 aromatic carbocycles. The molecule has 0 spiro atoms. The lowest BCUT2D eigenvalue weighted by Gasteiger charge is -2.16. The van der Waals surface area contributed by atoms with Crippen molar-refractivity contribution in [1.29, 1.82) is 0 Å². The first-order chi connectivity index (χ1) is 12.4. The Morgan fingerprint density at radius 2 is 1.85 bits per heavy atom. The minimum atomic E-state index is -1.31. The average Bonchev–Trinajstić information content (AvgIpc) is 2.61. The molecular weight excluding hydrogens is 377 g/mol. The highest BCUT2D eigenvalue weighted by Crippen LogP contribution is 2.41. The third kappa shape index (κ3) is 17.1. The van der Waals surface area contributed by atoms with Gasteiger partial charge in [0.15, 0.2) is 0 Å². The Bertz CT molecular complexity index is 500. The topological polar surface area (TPSA) is 21.3 Å². The monoisotopic (exact) mass is 415 g/mol. The Balaban J connectivity index is 3.50. The van der Waals surface area contributed by atoms with Crippen molar-refractivity contribution in [3.05, 3.63) is 48.1 Å². The van der Waals surface area contributed by atoms with Crippen molar-refractivity contribution in [3.63, 3.8) is 0 Å². The van der Waals surface area contributed by atoms with Gasteiger partial charge in [-0.25, -0.2) is 0 Å². The van der Waals surface area contributed by atoms with Crippen LogP contribution in [0, 0.1) is 0 Å². The maximum Gasteiger partial charge on any atom is 0.0396 e. The molecule has 150 valence electrons. The Morgan fingerprint density at radius 3 is 2.54 bits per heavy atom. The number of unbranched alkanes of at least 4 members (excludes halogenated alkanes) is 4. The van der Waals surface area contributed by atoms with Crippen molar-refractivity contribution in [2.45, 2.75) is 45.4 Å². The van der Waals surface area contributed by atoms with Gasteiger partial charge in [-0.2, -0.15) is 0 Å². The van der Waals surface area contributed by atoms with Gasteiger partial charge in [-0.1, -0.05) is 84.6 Å². The SMILES string of the molecule is C=C/C=C\C=C(/C)SSCCC(=C)NCCCCCCCP(=C)(C)OC. The van der Waals surface area contributed by atoms with E-state index in [1.807, 2.05) is 33.7 Å². The van der Waals surface area contributed by atoms with Crippen LogP contribution in [-0.2, 0) is 4.52 Å².